The van der Waals surface area contributed by atoms with E-state index >= 15 is 0 Å². The molecule has 0 radical (unpaired) electrons. The van der Waals surface area contributed by atoms with Crippen molar-refractivity contribution >= 4 is 28.9 Å². The van der Waals surface area contributed by atoms with Gasteiger partial charge in [0.2, 0.25) is 0 Å². The number of rotatable bonds is 11. The van der Waals surface area contributed by atoms with E-state index in [2.05, 4.69) is 67.3 Å². The lowest BCUT2D eigenvalue weighted by molar-refractivity contribution is -0.118. The summed E-state index contributed by atoms with van der Waals surface area (Å²) in [4.78, 5) is 21.6. The van der Waals surface area contributed by atoms with Crippen molar-refractivity contribution in [1.82, 2.24) is 9.88 Å². The van der Waals surface area contributed by atoms with Crippen LogP contribution in [-0.4, -0.2) is 20.4 Å². The van der Waals surface area contributed by atoms with Gasteiger partial charge in [0.1, 0.15) is 11.5 Å². The predicted octanol–water partition coefficient (Wildman–Crippen LogP) is 7.61. The number of furan rings is 1. The van der Waals surface area contributed by atoms with Crippen molar-refractivity contribution in [2.45, 2.75) is 70.3 Å². The summed E-state index contributed by atoms with van der Waals surface area (Å²) in [7, 11) is 0. The number of hydrogen-bond donors (Lipinski definition) is 0. The van der Waals surface area contributed by atoms with Gasteiger partial charge in [-0.3, -0.25) is 9.69 Å². The molecule has 0 atom stereocenters. The first-order chi connectivity index (χ1) is 17.2. The van der Waals surface area contributed by atoms with Crippen LogP contribution in [0, 0.1) is 13.8 Å². The number of hydrogen-bond acceptors (Lipinski definition) is 6. The van der Waals surface area contributed by atoms with Crippen molar-refractivity contribution in [2.75, 3.05) is 0 Å². The highest BCUT2D eigenvalue weighted by molar-refractivity contribution is 8.01. The lowest BCUT2D eigenvalue weighted by Gasteiger charge is -2.22. The molecule has 4 rings (SSSR count). The van der Waals surface area contributed by atoms with Gasteiger partial charge in [-0.15, -0.1) is 23.1 Å². The zero-order valence-electron chi connectivity index (χ0n) is 21.7. The fourth-order valence-corrected chi connectivity index (χ4v) is 6.14. The molecule has 0 fully saturated rings. The molecule has 4 aromatic rings. The van der Waals surface area contributed by atoms with Gasteiger partial charge < -0.3 is 4.42 Å². The van der Waals surface area contributed by atoms with Gasteiger partial charge in [-0.05, 0) is 70.0 Å². The number of carbonyl (C=O) groups is 1. The van der Waals surface area contributed by atoms with E-state index in [1.165, 1.54) is 21.6 Å². The van der Waals surface area contributed by atoms with Crippen LogP contribution in [0.2, 0.25) is 0 Å². The van der Waals surface area contributed by atoms with Gasteiger partial charge in [0, 0.05) is 29.3 Å². The zero-order chi connectivity index (χ0) is 25.7. The summed E-state index contributed by atoms with van der Waals surface area (Å²) in [5, 5.41) is 1.15. The van der Waals surface area contributed by atoms with Crippen LogP contribution in [0.25, 0.3) is 0 Å². The van der Waals surface area contributed by atoms with E-state index in [1.807, 2.05) is 26.0 Å². The number of Topliss-reactive ketones (excluding diaryl/α,β-unsaturated/α-hetero) is 1. The Morgan fingerprint density at radius 2 is 1.78 bits per heavy atom. The molecule has 0 aliphatic rings. The third-order valence-electron chi connectivity index (χ3n) is 6.25. The van der Waals surface area contributed by atoms with Crippen molar-refractivity contribution in [3.63, 3.8) is 0 Å². The molecule has 0 saturated heterocycles. The average molecular weight is 519 g/mol. The van der Waals surface area contributed by atoms with Gasteiger partial charge in [0.25, 0.3) is 0 Å². The van der Waals surface area contributed by atoms with E-state index in [-0.39, 0.29) is 5.78 Å². The Morgan fingerprint density at radius 3 is 2.44 bits per heavy atom. The molecule has 188 valence electrons. The van der Waals surface area contributed by atoms with Crippen molar-refractivity contribution in [1.29, 1.82) is 0 Å². The van der Waals surface area contributed by atoms with Crippen LogP contribution >= 0.6 is 23.1 Å². The maximum Gasteiger partial charge on any atom is 0.145 e. The number of aryl methyl sites for hydroxylation is 2. The van der Waals surface area contributed by atoms with E-state index in [1.54, 1.807) is 36.3 Å². The Bertz CT molecular complexity index is 1290. The van der Waals surface area contributed by atoms with Crippen molar-refractivity contribution < 1.29 is 9.21 Å². The molecule has 4 nitrogen and oxygen atoms in total. The number of aromatic nitrogens is 1. The first-order valence-corrected chi connectivity index (χ1v) is 13.9. The molecular formula is C30H34N2O2S2. The lowest BCUT2D eigenvalue weighted by Crippen LogP contribution is -2.24. The molecule has 0 aliphatic heterocycles. The quantitative estimate of drug-likeness (QED) is 0.191. The number of thioether (sulfide) groups is 1. The van der Waals surface area contributed by atoms with Crippen molar-refractivity contribution in [3.8, 4) is 0 Å². The van der Waals surface area contributed by atoms with Crippen LogP contribution < -0.4 is 0 Å². The SMILES string of the molecule is CC(=O)C(C)(C)Sc1ccc(CN(Cc2ccco2)Cc2sc(Cc3cccc(C)c3)nc2C)cc1. The van der Waals surface area contributed by atoms with Crippen LogP contribution in [0.4, 0.5) is 0 Å². The van der Waals surface area contributed by atoms with E-state index in [0.717, 1.165) is 47.4 Å². The van der Waals surface area contributed by atoms with Crippen LogP contribution in [-0.2, 0) is 30.8 Å². The average Bonchev–Trinajstić information content (AvgIpc) is 3.44. The summed E-state index contributed by atoms with van der Waals surface area (Å²) < 4.78 is 5.25. The number of nitrogens with zero attached hydrogens (tertiary/aromatic N) is 2. The molecule has 0 bridgehead atoms. The first-order valence-electron chi connectivity index (χ1n) is 12.2. The van der Waals surface area contributed by atoms with Gasteiger partial charge in [0.15, 0.2) is 0 Å². The topological polar surface area (TPSA) is 46.3 Å². The van der Waals surface area contributed by atoms with Crippen LogP contribution in [0.1, 0.15) is 58.8 Å². The zero-order valence-corrected chi connectivity index (χ0v) is 23.3. The molecule has 36 heavy (non-hydrogen) atoms. The van der Waals surface area contributed by atoms with Crippen LogP contribution in [0.5, 0.6) is 0 Å². The molecular weight excluding hydrogens is 484 g/mol. The van der Waals surface area contributed by atoms with Gasteiger partial charge in [-0.1, -0.05) is 42.0 Å². The summed E-state index contributed by atoms with van der Waals surface area (Å²) in [6.07, 6.45) is 2.59. The Balaban J connectivity index is 1.48. The standard InChI is InChI=1S/C30H34N2O2S2/c1-21-8-6-9-25(16-21)17-29-31-22(2)28(35-29)20-32(19-26-10-7-15-34-26)18-24-11-13-27(14-12-24)36-30(4,5)23(3)33/h6-16H,17-20H2,1-5H3. The Labute approximate surface area is 222 Å². The fraction of sp³-hybridized carbons (Fsp3) is 0.333. The minimum atomic E-state index is -0.424. The van der Waals surface area contributed by atoms with Crippen molar-refractivity contribution in [3.05, 3.63) is 105 Å². The summed E-state index contributed by atoms with van der Waals surface area (Å²) >= 11 is 3.41. The predicted molar refractivity (Wildman–Crippen MR) is 150 cm³/mol. The van der Waals surface area contributed by atoms with Crippen molar-refractivity contribution in [2.24, 2.45) is 0 Å². The highest BCUT2D eigenvalue weighted by atomic mass is 32.2. The van der Waals surface area contributed by atoms with E-state index in [0.29, 0.717) is 0 Å². The normalized spacial score (nSPS) is 11.8. The Kier molecular flexibility index (Phi) is 8.50. The largest absolute Gasteiger partial charge is 0.468 e. The molecule has 2 aromatic carbocycles. The minimum absolute atomic E-state index is 0.183. The second kappa shape index (κ2) is 11.6. The molecule has 2 heterocycles. The maximum atomic E-state index is 11.9. The van der Waals surface area contributed by atoms with Gasteiger partial charge >= 0.3 is 0 Å². The molecule has 0 saturated carbocycles. The lowest BCUT2D eigenvalue weighted by atomic mass is 10.1. The summed E-state index contributed by atoms with van der Waals surface area (Å²) in [6, 6.07) is 21.2. The second-order valence-corrected chi connectivity index (χ2v) is 12.7. The molecule has 6 heteroatoms. The second-order valence-electron chi connectivity index (χ2n) is 9.82. The minimum Gasteiger partial charge on any atom is -0.468 e. The summed E-state index contributed by atoms with van der Waals surface area (Å²) in [5.41, 5.74) is 4.91. The van der Waals surface area contributed by atoms with E-state index in [9.17, 15) is 4.79 Å². The first kappa shape index (κ1) is 26.4. The maximum absolute atomic E-state index is 11.9. The Morgan fingerprint density at radius 1 is 1.00 bits per heavy atom. The molecule has 0 amide bonds. The van der Waals surface area contributed by atoms with Crippen LogP contribution in [0.3, 0.4) is 0 Å². The molecule has 0 N–H and O–H groups in total. The van der Waals surface area contributed by atoms with Gasteiger partial charge in [-0.2, -0.15) is 0 Å². The number of benzene rings is 2. The smallest absolute Gasteiger partial charge is 0.145 e. The molecule has 2 aromatic heterocycles. The van der Waals surface area contributed by atoms with E-state index < -0.39 is 4.75 Å². The Hall–Kier alpha value is -2.67. The molecule has 0 spiro atoms. The molecule has 0 unspecified atom stereocenters. The number of carbonyl (C=O) groups excluding carboxylic acids is 1. The monoisotopic (exact) mass is 518 g/mol. The van der Waals surface area contributed by atoms with Gasteiger partial charge in [0.05, 0.1) is 28.3 Å². The third-order valence-corrected chi connectivity index (χ3v) is 8.70. The fourth-order valence-electron chi connectivity index (χ4n) is 3.99. The number of ketones is 1. The van der Waals surface area contributed by atoms with E-state index in [4.69, 9.17) is 9.40 Å². The number of thiazole rings is 1. The third kappa shape index (κ3) is 7.19. The van der Waals surface area contributed by atoms with Crippen LogP contribution in [0.15, 0.2) is 76.2 Å². The summed E-state index contributed by atoms with van der Waals surface area (Å²) in [5.74, 6) is 1.13. The summed E-state index contributed by atoms with van der Waals surface area (Å²) in [6.45, 7) is 12.2. The highest BCUT2D eigenvalue weighted by Crippen LogP contribution is 2.33. The highest BCUT2D eigenvalue weighted by Gasteiger charge is 2.25. The molecule has 0 aliphatic carbocycles. The van der Waals surface area contributed by atoms with Gasteiger partial charge in [-0.25, -0.2) is 4.98 Å².